The van der Waals surface area contributed by atoms with Crippen LogP contribution in [0.15, 0.2) is 24.3 Å². The number of benzene rings is 1. The number of hydrogen-bond acceptors (Lipinski definition) is 4. The zero-order valence-electron chi connectivity index (χ0n) is 11.0. The van der Waals surface area contributed by atoms with E-state index in [1.54, 1.807) is 0 Å². The number of hydrogen-bond donors (Lipinski definition) is 1. The molecule has 0 bridgehead atoms. The van der Waals surface area contributed by atoms with E-state index in [0.29, 0.717) is 18.9 Å². The molecule has 0 atom stereocenters. The molecule has 2 rings (SSSR count). The number of rotatable bonds is 4. The van der Waals surface area contributed by atoms with Crippen LogP contribution < -0.4 is 4.74 Å². The predicted octanol–water partition coefficient (Wildman–Crippen LogP) is 2.12. The summed E-state index contributed by atoms with van der Waals surface area (Å²) in [5, 5.41) is 13.7. The Morgan fingerprint density at radius 1 is 1.22 bits per heavy atom. The Bertz CT molecular complexity index is 488. The van der Waals surface area contributed by atoms with E-state index in [1.807, 2.05) is 18.2 Å². The van der Waals surface area contributed by atoms with Crippen LogP contribution in [0.4, 0.5) is 0 Å². The van der Waals surface area contributed by atoms with Crippen LogP contribution in [-0.4, -0.2) is 27.2 Å². The van der Waals surface area contributed by atoms with Crippen LogP contribution in [0, 0.1) is 0 Å². The maximum Gasteiger partial charge on any atom is 0.177 e. The average Bonchev–Trinajstić information content (AvgIpc) is 2.81. The van der Waals surface area contributed by atoms with Gasteiger partial charge in [0.1, 0.15) is 5.75 Å². The molecule has 0 amide bonds. The number of aromatic nitrogens is 4. The molecule has 0 unspecified atom stereocenters. The SMILES string of the molecule is CC(C)(C)c1ccccc1OCCc1nn[nH]n1. The van der Waals surface area contributed by atoms with Gasteiger partial charge in [-0.05, 0) is 17.0 Å². The lowest BCUT2D eigenvalue weighted by Crippen LogP contribution is -2.14. The van der Waals surface area contributed by atoms with Gasteiger partial charge in [-0.3, -0.25) is 0 Å². The minimum atomic E-state index is 0.0722. The summed E-state index contributed by atoms with van der Waals surface area (Å²) in [7, 11) is 0. The first kappa shape index (κ1) is 12.5. The molecule has 96 valence electrons. The van der Waals surface area contributed by atoms with Crippen LogP contribution in [0.25, 0.3) is 0 Å². The van der Waals surface area contributed by atoms with E-state index < -0.39 is 0 Å². The third-order valence-electron chi connectivity index (χ3n) is 2.67. The van der Waals surface area contributed by atoms with E-state index in [4.69, 9.17) is 4.74 Å². The summed E-state index contributed by atoms with van der Waals surface area (Å²) in [5.41, 5.74) is 1.28. The molecule has 0 aliphatic carbocycles. The fourth-order valence-electron chi connectivity index (χ4n) is 1.75. The molecule has 0 aliphatic heterocycles. The molecule has 0 fully saturated rings. The van der Waals surface area contributed by atoms with Gasteiger partial charge in [-0.15, -0.1) is 10.2 Å². The van der Waals surface area contributed by atoms with Gasteiger partial charge in [-0.25, -0.2) is 0 Å². The summed E-state index contributed by atoms with van der Waals surface area (Å²) in [4.78, 5) is 0. The summed E-state index contributed by atoms with van der Waals surface area (Å²) >= 11 is 0. The van der Waals surface area contributed by atoms with E-state index in [1.165, 1.54) is 5.56 Å². The lowest BCUT2D eigenvalue weighted by Gasteiger charge is -2.22. The van der Waals surface area contributed by atoms with Crippen LogP contribution in [0.2, 0.25) is 0 Å². The molecular weight excluding hydrogens is 228 g/mol. The first-order valence-electron chi connectivity index (χ1n) is 6.02. The fraction of sp³-hybridized carbons (Fsp3) is 0.462. The monoisotopic (exact) mass is 246 g/mol. The fourth-order valence-corrected chi connectivity index (χ4v) is 1.75. The molecule has 1 N–H and O–H groups in total. The van der Waals surface area contributed by atoms with Crippen LogP contribution in [0.1, 0.15) is 32.2 Å². The van der Waals surface area contributed by atoms with Gasteiger partial charge >= 0.3 is 0 Å². The Morgan fingerprint density at radius 3 is 2.67 bits per heavy atom. The second-order valence-electron chi connectivity index (χ2n) is 5.17. The molecule has 1 aromatic heterocycles. The van der Waals surface area contributed by atoms with Crippen molar-refractivity contribution in [3.05, 3.63) is 35.7 Å². The van der Waals surface area contributed by atoms with Crippen molar-refractivity contribution in [2.45, 2.75) is 32.6 Å². The van der Waals surface area contributed by atoms with Crippen LogP contribution >= 0.6 is 0 Å². The lowest BCUT2D eigenvalue weighted by atomic mass is 9.86. The van der Waals surface area contributed by atoms with Gasteiger partial charge in [0.05, 0.1) is 6.61 Å². The highest BCUT2D eigenvalue weighted by Gasteiger charge is 2.18. The van der Waals surface area contributed by atoms with Gasteiger partial charge in [0.2, 0.25) is 0 Å². The number of nitrogens with zero attached hydrogens (tertiary/aromatic N) is 3. The van der Waals surface area contributed by atoms with Crippen molar-refractivity contribution in [3.8, 4) is 5.75 Å². The number of tetrazole rings is 1. The van der Waals surface area contributed by atoms with Crippen molar-refractivity contribution in [2.75, 3.05) is 6.61 Å². The van der Waals surface area contributed by atoms with E-state index in [-0.39, 0.29) is 5.41 Å². The van der Waals surface area contributed by atoms with Gasteiger partial charge in [-0.2, -0.15) is 5.21 Å². The van der Waals surface area contributed by atoms with Crippen molar-refractivity contribution in [2.24, 2.45) is 0 Å². The largest absolute Gasteiger partial charge is 0.493 e. The topological polar surface area (TPSA) is 63.7 Å². The third-order valence-corrected chi connectivity index (χ3v) is 2.67. The van der Waals surface area contributed by atoms with Crippen molar-refractivity contribution < 1.29 is 4.74 Å². The first-order valence-corrected chi connectivity index (χ1v) is 6.02. The predicted molar refractivity (Wildman–Crippen MR) is 68.5 cm³/mol. The Labute approximate surface area is 107 Å². The van der Waals surface area contributed by atoms with Gasteiger partial charge in [0.15, 0.2) is 5.82 Å². The molecule has 1 aromatic carbocycles. The number of aromatic amines is 1. The van der Waals surface area contributed by atoms with Gasteiger partial charge in [0, 0.05) is 6.42 Å². The number of nitrogens with one attached hydrogen (secondary N) is 1. The molecule has 2 aromatic rings. The molecule has 0 aliphatic rings. The van der Waals surface area contributed by atoms with Crippen LogP contribution in [0.3, 0.4) is 0 Å². The Morgan fingerprint density at radius 2 is 2.00 bits per heavy atom. The number of ether oxygens (including phenoxy) is 1. The van der Waals surface area contributed by atoms with Crippen LogP contribution in [-0.2, 0) is 11.8 Å². The summed E-state index contributed by atoms with van der Waals surface area (Å²) in [6.07, 6.45) is 0.648. The van der Waals surface area contributed by atoms with E-state index >= 15 is 0 Å². The van der Waals surface area contributed by atoms with Gasteiger partial charge < -0.3 is 4.74 Å². The molecular formula is C13H18N4O. The summed E-state index contributed by atoms with van der Waals surface area (Å²) in [6.45, 7) is 7.07. The van der Waals surface area contributed by atoms with Gasteiger partial charge in [-0.1, -0.05) is 44.2 Å². The van der Waals surface area contributed by atoms with E-state index in [0.717, 1.165) is 5.75 Å². The highest BCUT2D eigenvalue weighted by atomic mass is 16.5. The number of H-pyrrole nitrogens is 1. The number of para-hydroxylation sites is 1. The highest BCUT2D eigenvalue weighted by Crippen LogP contribution is 2.30. The van der Waals surface area contributed by atoms with Crippen molar-refractivity contribution in [1.82, 2.24) is 20.6 Å². The van der Waals surface area contributed by atoms with Crippen molar-refractivity contribution in [1.29, 1.82) is 0 Å². The summed E-state index contributed by atoms with van der Waals surface area (Å²) < 4.78 is 5.82. The van der Waals surface area contributed by atoms with E-state index in [9.17, 15) is 0 Å². The Balaban J connectivity index is 2.01. The van der Waals surface area contributed by atoms with E-state index in [2.05, 4.69) is 47.5 Å². The normalized spacial score (nSPS) is 11.5. The molecule has 18 heavy (non-hydrogen) atoms. The van der Waals surface area contributed by atoms with Crippen LogP contribution in [0.5, 0.6) is 5.75 Å². The molecule has 5 nitrogen and oxygen atoms in total. The minimum Gasteiger partial charge on any atom is -0.493 e. The third kappa shape index (κ3) is 3.06. The summed E-state index contributed by atoms with van der Waals surface area (Å²) in [6, 6.07) is 8.12. The first-order chi connectivity index (χ1) is 8.57. The standard InChI is InChI=1S/C13H18N4O/c1-13(2,3)10-6-4-5-7-11(10)18-9-8-12-14-16-17-15-12/h4-7H,8-9H2,1-3H3,(H,14,15,16,17). The Hall–Kier alpha value is -1.91. The molecule has 0 spiro atoms. The maximum atomic E-state index is 5.82. The van der Waals surface area contributed by atoms with Crippen molar-refractivity contribution >= 4 is 0 Å². The molecule has 0 saturated heterocycles. The van der Waals surface area contributed by atoms with Gasteiger partial charge in [0.25, 0.3) is 0 Å². The lowest BCUT2D eigenvalue weighted by molar-refractivity contribution is 0.310. The average molecular weight is 246 g/mol. The minimum absolute atomic E-state index is 0.0722. The highest BCUT2D eigenvalue weighted by molar-refractivity contribution is 5.38. The molecule has 1 heterocycles. The zero-order valence-corrected chi connectivity index (χ0v) is 11.0. The Kier molecular flexibility index (Phi) is 3.60. The molecule has 0 saturated carbocycles. The van der Waals surface area contributed by atoms with Crippen molar-refractivity contribution in [3.63, 3.8) is 0 Å². The zero-order chi connectivity index (χ0) is 13.0. The second kappa shape index (κ2) is 5.16. The molecule has 0 radical (unpaired) electrons. The smallest absolute Gasteiger partial charge is 0.177 e. The summed E-state index contributed by atoms with van der Waals surface area (Å²) in [5.74, 6) is 1.59. The maximum absolute atomic E-state index is 5.82. The second-order valence-corrected chi connectivity index (χ2v) is 5.17. The molecule has 5 heteroatoms. The quantitative estimate of drug-likeness (QED) is 0.897.